The lowest BCUT2D eigenvalue weighted by atomic mass is 10.2. The van der Waals surface area contributed by atoms with Crippen molar-refractivity contribution in [2.75, 3.05) is 24.5 Å². The Balaban J connectivity index is 1.51. The van der Waals surface area contributed by atoms with E-state index in [-0.39, 0.29) is 15.0 Å². The first-order valence-corrected chi connectivity index (χ1v) is 14.0. The predicted molar refractivity (Wildman–Crippen MR) is 119 cm³/mol. The van der Waals surface area contributed by atoms with Crippen LogP contribution in [-0.4, -0.2) is 52.7 Å². The molecule has 4 rings (SSSR count). The molecule has 1 fully saturated rings. The predicted octanol–water partition coefficient (Wildman–Crippen LogP) is 2.18. The van der Waals surface area contributed by atoms with Crippen LogP contribution in [0.3, 0.4) is 0 Å². The summed E-state index contributed by atoms with van der Waals surface area (Å²) in [7, 11) is -7.32. The summed E-state index contributed by atoms with van der Waals surface area (Å²) in [6, 6.07) is 7.01. The molecule has 3 heterocycles. The van der Waals surface area contributed by atoms with Gasteiger partial charge in [-0.05, 0) is 61.4 Å². The van der Waals surface area contributed by atoms with Crippen LogP contribution in [-0.2, 0) is 31.3 Å². The van der Waals surface area contributed by atoms with E-state index in [0.717, 1.165) is 36.2 Å². The SMILES string of the molecule is CC(NS(=O)(=O)c1cccs1)C(=O)N1CCc2cc(S(=O)(=O)N3CCCCC3)ccc21. The van der Waals surface area contributed by atoms with E-state index >= 15 is 0 Å². The van der Waals surface area contributed by atoms with Crippen molar-refractivity contribution >= 4 is 43.0 Å². The Kier molecular flexibility index (Phi) is 6.23. The van der Waals surface area contributed by atoms with Gasteiger partial charge in [0, 0.05) is 25.3 Å². The van der Waals surface area contributed by atoms with Gasteiger partial charge in [0.25, 0.3) is 10.0 Å². The van der Waals surface area contributed by atoms with Crippen LogP contribution in [0.5, 0.6) is 0 Å². The van der Waals surface area contributed by atoms with Crippen molar-refractivity contribution < 1.29 is 21.6 Å². The normalized spacial score (nSPS) is 18.7. The van der Waals surface area contributed by atoms with Gasteiger partial charge in [0.2, 0.25) is 15.9 Å². The third-order valence-corrected chi connectivity index (χ3v) is 10.5. The highest BCUT2D eigenvalue weighted by atomic mass is 32.2. The first kappa shape index (κ1) is 22.4. The number of amides is 1. The van der Waals surface area contributed by atoms with Gasteiger partial charge >= 0.3 is 0 Å². The molecule has 1 amide bonds. The van der Waals surface area contributed by atoms with Gasteiger partial charge in [-0.3, -0.25) is 4.79 Å². The molecule has 31 heavy (non-hydrogen) atoms. The van der Waals surface area contributed by atoms with Crippen LogP contribution in [0.2, 0.25) is 0 Å². The lowest BCUT2D eigenvalue weighted by molar-refractivity contribution is -0.119. The zero-order valence-corrected chi connectivity index (χ0v) is 19.6. The van der Waals surface area contributed by atoms with E-state index in [1.54, 1.807) is 23.6 Å². The van der Waals surface area contributed by atoms with Crippen molar-refractivity contribution in [3.63, 3.8) is 0 Å². The average molecular weight is 484 g/mol. The molecular formula is C20H25N3O5S3. The molecule has 1 unspecified atom stereocenters. The Labute approximate surface area is 187 Å². The Morgan fingerprint density at radius 3 is 2.48 bits per heavy atom. The number of hydrogen-bond donors (Lipinski definition) is 1. The number of benzene rings is 1. The number of piperidine rings is 1. The third kappa shape index (κ3) is 4.42. The molecule has 11 heteroatoms. The van der Waals surface area contributed by atoms with Gasteiger partial charge in [-0.1, -0.05) is 12.5 Å². The standard InChI is InChI=1S/C20H25N3O5S3/c1-15(21-30(25,26)19-6-5-13-29-19)20(24)23-12-9-16-14-17(7-8-18(16)23)31(27,28)22-10-3-2-4-11-22/h5-8,13-15,21H,2-4,9-12H2,1H3. The summed E-state index contributed by atoms with van der Waals surface area (Å²) < 4.78 is 54.9. The van der Waals surface area contributed by atoms with Crippen LogP contribution in [0, 0.1) is 0 Å². The Bertz CT molecular complexity index is 1170. The maximum atomic E-state index is 13.0. The molecule has 1 atom stereocenters. The van der Waals surface area contributed by atoms with Crippen LogP contribution in [0.1, 0.15) is 31.7 Å². The minimum Gasteiger partial charge on any atom is -0.310 e. The summed E-state index contributed by atoms with van der Waals surface area (Å²) in [4.78, 5) is 14.7. The molecule has 2 aliphatic rings. The maximum absolute atomic E-state index is 13.0. The van der Waals surface area contributed by atoms with Crippen LogP contribution >= 0.6 is 11.3 Å². The molecule has 8 nitrogen and oxygen atoms in total. The van der Waals surface area contributed by atoms with E-state index in [9.17, 15) is 21.6 Å². The number of nitrogens with zero attached hydrogens (tertiary/aromatic N) is 2. The van der Waals surface area contributed by atoms with Crippen molar-refractivity contribution in [2.45, 2.75) is 47.8 Å². The van der Waals surface area contributed by atoms with E-state index in [2.05, 4.69) is 4.72 Å². The van der Waals surface area contributed by atoms with E-state index in [1.807, 2.05) is 0 Å². The van der Waals surface area contributed by atoms with Crippen molar-refractivity contribution in [2.24, 2.45) is 0 Å². The zero-order valence-electron chi connectivity index (χ0n) is 17.2. The highest BCUT2D eigenvalue weighted by Gasteiger charge is 2.33. The largest absolute Gasteiger partial charge is 0.310 e. The van der Waals surface area contributed by atoms with Gasteiger partial charge in [-0.15, -0.1) is 11.3 Å². The molecule has 0 aliphatic carbocycles. The smallest absolute Gasteiger partial charge is 0.250 e. The lowest BCUT2D eigenvalue weighted by Crippen LogP contribution is -2.46. The Hall–Kier alpha value is -1.79. The fraction of sp³-hybridized carbons (Fsp3) is 0.450. The van der Waals surface area contributed by atoms with Crippen LogP contribution in [0.4, 0.5) is 5.69 Å². The summed E-state index contributed by atoms with van der Waals surface area (Å²) in [5.74, 6) is -0.370. The number of carbonyl (C=O) groups is 1. The first-order chi connectivity index (χ1) is 14.7. The maximum Gasteiger partial charge on any atom is 0.250 e. The number of carbonyl (C=O) groups excluding carboxylic acids is 1. The molecule has 0 spiro atoms. The van der Waals surface area contributed by atoms with E-state index in [0.29, 0.717) is 31.7 Å². The monoisotopic (exact) mass is 483 g/mol. The fourth-order valence-corrected chi connectivity index (χ4v) is 7.79. The molecule has 1 saturated heterocycles. The number of rotatable bonds is 6. The second kappa shape index (κ2) is 8.62. The summed E-state index contributed by atoms with van der Waals surface area (Å²) in [6.07, 6.45) is 3.30. The Morgan fingerprint density at radius 1 is 1.06 bits per heavy atom. The fourth-order valence-electron chi connectivity index (χ4n) is 4.01. The van der Waals surface area contributed by atoms with Gasteiger partial charge in [0.05, 0.1) is 10.9 Å². The quantitative estimate of drug-likeness (QED) is 0.678. The zero-order chi connectivity index (χ0) is 22.2. The average Bonchev–Trinajstić information content (AvgIpc) is 3.43. The molecule has 0 bridgehead atoms. The molecule has 0 radical (unpaired) electrons. The molecule has 2 aromatic rings. The number of hydrogen-bond acceptors (Lipinski definition) is 6. The van der Waals surface area contributed by atoms with Crippen molar-refractivity contribution in [3.8, 4) is 0 Å². The number of thiophene rings is 1. The highest BCUT2D eigenvalue weighted by molar-refractivity contribution is 7.91. The Morgan fingerprint density at radius 2 is 1.81 bits per heavy atom. The van der Waals surface area contributed by atoms with Gasteiger partial charge < -0.3 is 4.90 Å². The van der Waals surface area contributed by atoms with Crippen molar-refractivity contribution in [3.05, 3.63) is 41.3 Å². The third-order valence-electron chi connectivity index (χ3n) is 5.63. The summed E-state index contributed by atoms with van der Waals surface area (Å²) >= 11 is 1.08. The van der Waals surface area contributed by atoms with Gasteiger partial charge in [-0.2, -0.15) is 9.03 Å². The van der Waals surface area contributed by atoms with Crippen LogP contribution in [0.25, 0.3) is 0 Å². The molecular weight excluding hydrogens is 458 g/mol. The molecule has 1 N–H and O–H groups in total. The number of sulfonamides is 2. The molecule has 168 valence electrons. The van der Waals surface area contributed by atoms with Gasteiger partial charge in [0.1, 0.15) is 4.21 Å². The number of fused-ring (bicyclic) bond motifs is 1. The molecule has 2 aliphatic heterocycles. The highest BCUT2D eigenvalue weighted by Crippen LogP contribution is 2.32. The lowest BCUT2D eigenvalue weighted by Gasteiger charge is -2.26. The van der Waals surface area contributed by atoms with E-state index < -0.39 is 26.1 Å². The molecule has 1 aromatic carbocycles. The van der Waals surface area contributed by atoms with E-state index in [1.165, 1.54) is 28.3 Å². The second-order valence-electron chi connectivity index (χ2n) is 7.77. The van der Waals surface area contributed by atoms with Crippen LogP contribution < -0.4 is 9.62 Å². The number of anilines is 1. The molecule has 0 saturated carbocycles. The number of nitrogens with one attached hydrogen (secondary N) is 1. The topological polar surface area (TPSA) is 104 Å². The van der Waals surface area contributed by atoms with Crippen molar-refractivity contribution in [1.82, 2.24) is 9.03 Å². The summed E-state index contributed by atoms with van der Waals surface area (Å²) in [5, 5.41) is 1.66. The second-order valence-corrected chi connectivity index (χ2v) is 12.6. The first-order valence-electron chi connectivity index (χ1n) is 10.2. The van der Waals surface area contributed by atoms with Crippen molar-refractivity contribution in [1.29, 1.82) is 0 Å². The summed E-state index contributed by atoms with van der Waals surface area (Å²) in [5.41, 5.74) is 1.41. The van der Waals surface area contributed by atoms with Crippen LogP contribution in [0.15, 0.2) is 44.8 Å². The van der Waals surface area contributed by atoms with Gasteiger partial charge in [0.15, 0.2) is 0 Å². The minimum atomic E-state index is -3.77. The van der Waals surface area contributed by atoms with E-state index in [4.69, 9.17) is 0 Å². The molecule has 1 aromatic heterocycles. The van der Waals surface area contributed by atoms with Gasteiger partial charge in [-0.25, -0.2) is 16.8 Å². The summed E-state index contributed by atoms with van der Waals surface area (Å²) in [6.45, 7) is 2.96. The minimum absolute atomic E-state index is 0.154.